The van der Waals surface area contributed by atoms with Crippen LogP contribution in [0.5, 0.6) is 0 Å². The maximum atomic E-state index is 12.7. The molecule has 0 aliphatic heterocycles. The minimum absolute atomic E-state index is 0.00625. The standard InChI is InChI=1S/C19H24N2O.I2/c1-8-9(2)11(4)16-15(10(8)3)12(5)13(6)18-17(16)19(22)21-14(7)20-18;1-2/h12-13H,1-7H3,(H,20,21,22);. The number of benzene rings is 1. The van der Waals surface area contributed by atoms with Gasteiger partial charge in [-0.1, -0.05) is 13.8 Å². The summed E-state index contributed by atoms with van der Waals surface area (Å²) in [5, 5.41) is 0. The van der Waals surface area contributed by atoms with Crippen molar-refractivity contribution in [3.05, 3.63) is 49.7 Å². The number of aromatic amines is 1. The van der Waals surface area contributed by atoms with Gasteiger partial charge in [-0.25, -0.2) is 4.98 Å². The lowest BCUT2D eigenvalue weighted by atomic mass is 9.71. The predicted octanol–water partition coefficient (Wildman–Crippen LogP) is 5.97. The number of halogens is 2. The molecule has 1 aliphatic carbocycles. The number of rotatable bonds is 0. The van der Waals surface area contributed by atoms with Crippen molar-refractivity contribution >= 4 is 37.2 Å². The molecule has 1 aliphatic rings. The van der Waals surface area contributed by atoms with Crippen molar-refractivity contribution in [3.8, 4) is 11.1 Å². The number of nitrogens with zero attached hydrogens (tertiary/aromatic N) is 1. The maximum absolute atomic E-state index is 12.7. The van der Waals surface area contributed by atoms with Crippen LogP contribution in [-0.2, 0) is 0 Å². The molecule has 2 unspecified atom stereocenters. The van der Waals surface area contributed by atoms with Crippen LogP contribution in [0, 0.1) is 34.6 Å². The van der Waals surface area contributed by atoms with Gasteiger partial charge < -0.3 is 4.98 Å². The third-order valence-electron chi connectivity index (χ3n) is 5.69. The van der Waals surface area contributed by atoms with Crippen molar-refractivity contribution in [2.75, 3.05) is 0 Å². The van der Waals surface area contributed by atoms with E-state index in [1.165, 1.54) is 27.8 Å². The summed E-state index contributed by atoms with van der Waals surface area (Å²) in [7, 11) is 0. The fourth-order valence-corrected chi connectivity index (χ4v) is 3.90. The minimum Gasteiger partial charge on any atom is -0.310 e. The van der Waals surface area contributed by atoms with E-state index in [0.717, 1.165) is 16.8 Å². The van der Waals surface area contributed by atoms with Gasteiger partial charge in [0.2, 0.25) is 0 Å². The molecular formula is C19H24I2N2O. The molecule has 1 heterocycles. The molecule has 0 amide bonds. The molecule has 0 saturated heterocycles. The highest BCUT2D eigenvalue weighted by atomic mass is 128. The van der Waals surface area contributed by atoms with Gasteiger partial charge in [-0.2, -0.15) is 0 Å². The fourth-order valence-electron chi connectivity index (χ4n) is 3.90. The van der Waals surface area contributed by atoms with Gasteiger partial charge in [0.25, 0.3) is 5.56 Å². The molecule has 3 rings (SSSR count). The van der Waals surface area contributed by atoms with E-state index in [1.807, 2.05) is 6.92 Å². The first-order valence-corrected chi connectivity index (χ1v) is 14.4. The van der Waals surface area contributed by atoms with Crippen LogP contribution >= 0.6 is 37.2 Å². The smallest absolute Gasteiger partial charge is 0.259 e. The van der Waals surface area contributed by atoms with E-state index in [9.17, 15) is 4.79 Å². The molecule has 5 heteroatoms. The summed E-state index contributed by atoms with van der Waals surface area (Å²) in [6.45, 7) is 14.9. The maximum Gasteiger partial charge on any atom is 0.259 e. The van der Waals surface area contributed by atoms with Crippen molar-refractivity contribution in [1.29, 1.82) is 0 Å². The number of nitrogens with one attached hydrogen (secondary N) is 1. The van der Waals surface area contributed by atoms with Crippen LogP contribution in [0.4, 0.5) is 0 Å². The Bertz CT molecular complexity index is 856. The number of aromatic nitrogens is 2. The first-order valence-electron chi connectivity index (χ1n) is 8.11. The van der Waals surface area contributed by atoms with Crippen molar-refractivity contribution in [2.45, 2.75) is 60.3 Å². The Kier molecular flexibility index (Phi) is 6.16. The van der Waals surface area contributed by atoms with Crippen LogP contribution in [0.25, 0.3) is 11.1 Å². The molecule has 1 N–H and O–H groups in total. The van der Waals surface area contributed by atoms with Crippen LogP contribution in [-0.4, -0.2) is 9.97 Å². The Morgan fingerprint density at radius 2 is 1.38 bits per heavy atom. The van der Waals surface area contributed by atoms with Gasteiger partial charge in [0.15, 0.2) is 0 Å². The Morgan fingerprint density at radius 1 is 0.833 bits per heavy atom. The lowest BCUT2D eigenvalue weighted by Crippen LogP contribution is -2.26. The Hall–Kier alpha value is -0.440. The zero-order chi connectivity index (χ0) is 18.3. The third kappa shape index (κ3) is 2.95. The van der Waals surface area contributed by atoms with E-state index >= 15 is 0 Å². The van der Waals surface area contributed by atoms with E-state index in [-0.39, 0.29) is 11.5 Å². The SMILES string of the molecule is Cc1nc2c(c(=O)[nH]1)-c1c(C)c(C)c(C)c(C)c1C(C)C2C.II. The highest BCUT2D eigenvalue weighted by Gasteiger charge is 2.34. The summed E-state index contributed by atoms with van der Waals surface area (Å²) in [4.78, 5) is 20.2. The molecule has 1 aromatic heterocycles. The number of fused-ring (bicyclic) bond motifs is 3. The largest absolute Gasteiger partial charge is 0.310 e. The molecular weight excluding hydrogens is 526 g/mol. The van der Waals surface area contributed by atoms with E-state index in [1.54, 1.807) is 0 Å². The predicted molar refractivity (Wildman–Crippen MR) is 119 cm³/mol. The molecule has 24 heavy (non-hydrogen) atoms. The third-order valence-corrected chi connectivity index (χ3v) is 5.69. The van der Waals surface area contributed by atoms with E-state index in [2.05, 4.69) is 88.7 Å². The van der Waals surface area contributed by atoms with Gasteiger partial charge in [0.05, 0.1) is 11.3 Å². The molecule has 0 bridgehead atoms. The van der Waals surface area contributed by atoms with Gasteiger partial charge in [-0.3, -0.25) is 4.79 Å². The molecule has 1 aromatic carbocycles. The average Bonchev–Trinajstić information content (AvgIpc) is 2.56. The molecule has 2 atom stereocenters. The number of H-pyrrole nitrogens is 1. The lowest BCUT2D eigenvalue weighted by Gasteiger charge is -2.34. The van der Waals surface area contributed by atoms with Gasteiger partial charge >= 0.3 is 0 Å². The van der Waals surface area contributed by atoms with Crippen molar-refractivity contribution in [2.24, 2.45) is 0 Å². The summed E-state index contributed by atoms with van der Waals surface area (Å²) in [5.41, 5.74) is 9.35. The lowest BCUT2D eigenvalue weighted by molar-refractivity contribution is 0.590. The van der Waals surface area contributed by atoms with E-state index in [0.29, 0.717) is 11.7 Å². The van der Waals surface area contributed by atoms with Crippen molar-refractivity contribution in [3.63, 3.8) is 0 Å². The number of aryl methyl sites for hydroxylation is 1. The van der Waals surface area contributed by atoms with Crippen molar-refractivity contribution < 1.29 is 0 Å². The van der Waals surface area contributed by atoms with Gasteiger partial charge in [-0.05, 0) is 73.9 Å². The second-order valence-corrected chi connectivity index (χ2v) is 6.78. The second kappa shape index (κ2) is 7.43. The highest BCUT2D eigenvalue weighted by molar-refractivity contribution is 15.0. The normalized spacial score (nSPS) is 18.4. The quantitative estimate of drug-likeness (QED) is 0.411. The van der Waals surface area contributed by atoms with Crippen molar-refractivity contribution in [1.82, 2.24) is 9.97 Å². The summed E-state index contributed by atoms with van der Waals surface area (Å²) >= 11 is 4.24. The van der Waals surface area contributed by atoms with Gasteiger partial charge in [-0.15, -0.1) is 0 Å². The van der Waals surface area contributed by atoms with Crippen LogP contribution in [0.2, 0.25) is 0 Å². The van der Waals surface area contributed by atoms with E-state index in [4.69, 9.17) is 0 Å². The van der Waals surface area contributed by atoms with Crippen LogP contribution in [0.3, 0.4) is 0 Å². The number of hydrogen-bond acceptors (Lipinski definition) is 2. The molecule has 0 radical (unpaired) electrons. The first kappa shape index (κ1) is 19.9. The van der Waals surface area contributed by atoms with Crippen LogP contribution < -0.4 is 5.56 Å². The molecule has 0 spiro atoms. The van der Waals surface area contributed by atoms with Crippen LogP contribution in [0.1, 0.15) is 65.0 Å². The molecule has 130 valence electrons. The molecule has 2 aromatic rings. The minimum atomic E-state index is -0.00625. The second-order valence-electron chi connectivity index (χ2n) is 6.78. The molecule has 0 fully saturated rings. The topological polar surface area (TPSA) is 45.8 Å². The zero-order valence-corrected chi connectivity index (χ0v) is 19.6. The monoisotopic (exact) mass is 550 g/mol. The Balaban J connectivity index is 0.00000100. The summed E-state index contributed by atoms with van der Waals surface area (Å²) in [6, 6.07) is 0. The Morgan fingerprint density at radius 3 is 1.96 bits per heavy atom. The summed E-state index contributed by atoms with van der Waals surface area (Å²) < 4.78 is 0. The van der Waals surface area contributed by atoms with Gasteiger partial charge in [0.1, 0.15) is 5.82 Å². The first-order chi connectivity index (χ1) is 11.3. The number of hydrogen-bond donors (Lipinski definition) is 1. The molecule has 3 nitrogen and oxygen atoms in total. The van der Waals surface area contributed by atoms with Crippen LogP contribution in [0.15, 0.2) is 4.79 Å². The highest BCUT2D eigenvalue weighted by Crippen LogP contribution is 2.48. The molecule has 0 saturated carbocycles. The Labute approximate surface area is 167 Å². The van der Waals surface area contributed by atoms with E-state index < -0.39 is 0 Å². The zero-order valence-electron chi connectivity index (χ0n) is 15.3. The fraction of sp³-hybridized carbons (Fsp3) is 0.474. The summed E-state index contributed by atoms with van der Waals surface area (Å²) in [5.74, 6) is 1.32. The average molecular weight is 550 g/mol. The summed E-state index contributed by atoms with van der Waals surface area (Å²) in [6.07, 6.45) is 0. The van der Waals surface area contributed by atoms with Gasteiger partial charge in [0, 0.05) is 43.1 Å².